The molecule has 0 bridgehead atoms. The Morgan fingerprint density at radius 2 is 2.09 bits per heavy atom. The maximum atomic E-state index is 12.5. The van der Waals surface area contributed by atoms with Crippen molar-refractivity contribution in [3.63, 3.8) is 0 Å². The number of rotatable bonds is 2. The summed E-state index contributed by atoms with van der Waals surface area (Å²) in [4.78, 5) is 17.9. The lowest BCUT2D eigenvalue weighted by Gasteiger charge is -2.31. The molecule has 0 spiro atoms. The number of aliphatic hydroxyl groups excluding tert-OH is 1. The molecule has 1 unspecified atom stereocenters. The Morgan fingerprint density at radius 3 is 2.70 bits per heavy atom. The first-order valence-electron chi connectivity index (χ1n) is 7.73. The van der Waals surface area contributed by atoms with E-state index < -0.39 is 6.10 Å². The number of hydrogen-bond acceptors (Lipinski definition) is 5. The third-order valence-corrected chi connectivity index (χ3v) is 5.43. The molecular formula is C17H22N2O3S. The molecule has 3 rings (SSSR count). The van der Waals surface area contributed by atoms with Gasteiger partial charge in [-0.25, -0.2) is 4.98 Å². The van der Waals surface area contributed by atoms with Crippen LogP contribution in [0.3, 0.4) is 0 Å². The van der Waals surface area contributed by atoms with E-state index in [-0.39, 0.29) is 17.1 Å². The van der Waals surface area contributed by atoms with Crippen LogP contribution >= 0.6 is 11.3 Å². The fourth-order valence-electron chi connectivity index (χ4n) is 3.18. The molecule has 1 aliphatic rings. The van der Waals surface area contributed by atoms with E-state index in [4.69, 9.17) is 4.42 Å². The number of fused-ring (bicyclic) bond motifs is 1. The minimum absolute atomic E-state index is 0.0337. The molecule has 2 heterocycles. The Morgan fingerprint density at radius 1 is 1.39 bits per heavy atom. The van der Waals surface area contributed by atoms with E-state index in [1.165, 1.54) is 11.3 Å². The number of hydrogen-bond donors (Lipinski definition) is 2. The van der Waals surface area contributed by atoms with Gasteiger partial charge in [-0.2, -0.15) is 0 Å². The van der Waals surface area contributed by atoms with Crippen LogP contribution in [0.2, 0.25) is 0 Å². The molecule has 2 aromatic rings. The van der Waals surface area contributed by atoms with Crippen molar-refractivity contribution in [1.29, 1.82) is 0 Å². The first-order valence-corrected chi connectivity index (χ1v) is 8.55. The lowest BCUT2D eigenvalue weighted by molar-refractivity contribution is 0.0910. The van der Waals surface area contributed by atoms with Crippen LogP contribution in [0.25, 0.3) is 0 Å². The van der Waals surface area contributed by atoms with Crippen LogP contribution in [0.15, 0.2) is 4.42 Å². The van der Waals surface area contributed by atoms with Crippen LogP contribution < -0.4 is 5.32 Å². The lowest BCUT2D eigenvalue weighted by Crippen LogP contribution is -2.24. The van der Waals surface area contributed by atoms with Crippen LogP contribution in [0.5, 0.6) is 0 Å². The van der Waals surface area contributed by atoms with Gasteiger partial charge in [0.2, 0.25) is 0 Å². The highest BCUT2D eigenvalue weighted by Crippen LogP contribution is 2.44. The highest BCUT2D eigenvalue weighted by atomic mass is 32.1. The van der Waals surface area contributed by atoms with Crippen LogP contribution in [-0.4, -0.2) is 16.0 Å². The number of aryl methyl sites for hydroxylation is 2. The summed E-state index contributed by atoms with van der Waals surface area (Å²) < 4.78 is 5.82. The predicted molar refractivity (Wildman–Crippen MR) is 90.0 cm³/mol. The number of carbonyl (C=O) groups excluding carboxylic acids is 1. The second-order valence-electron chi connectivity index (χ2n) is 7.07. The molecule has 0 saturated heterocycles. The molecule has 0 saturated carbocycles. The van der Waals surface area contributed by atoms with Gasteiger partial charge in [0.15, 0.2) is 10.9 Å². The number of aliphatic hydroxyl groups is 1. The molecule has 0 fully saturated rings. The summed E-state index contributed by atoms with van der Waals surface area (Å²) in [5, 5.41) is 13.8. The van der Waals surface area contributed by atoms with Crippen molar-refractivity contribution in [2.75, 3.05) is 5.32 Å². The van der Waals surface area contributed by atoms with Gasteiger partial charge < -0.3 is 9.52 Å². The third-order valence-electron chi connectivity index (χ3n) is 4.44. The number of aromatic nitrogens is 1. The topological polar surface area (TPSA) is 75.4 Å². The van der Waals surface area contributed by atoms with Crippen LogP contribution in [0, 0.1) is 26.2 Å². The first kappa shape index (κ1) is 16.2. The van der Waals surface area contributed by atoms with Crippen molar-refractivity contribution in [1.82, 2.24) is 4.98 Å². The summed E-state index contributed by atoms with van der Waals surface area (Å²) in [7, 11) is 0. The highest BCUT2D eigenvalue weighted by Gasteiger charge is 2.37. The van der Waals surface area contributed by atoms with Crippen molar-refractivity contribution in [2.24, 2.45) is 5.41 Å². The minimum atomic E-state index is -0.580. The predicted octanol–water partition coefficient (Wildman–Crippen LogP) is 3.92. The number of amides is 1. The van der Waals surface area contributed by atoms with Crippen LogP contribution in [-0.2, 0) is 6.42 Å². The normalized spacial score (nSPS) is 19.5. The summed E-state index contributed by atoms with van der Waals surface area (Å²) in [5.41, 5.74) is 2.39. The maximum Gasteiger partial charge on any atom is 0.293 e. The monoisotopic (exact) mass is 334 g/mol. The fraction of sp³-hybridized carbons (Fsp3) is 0.529. The van der Waals surface area contributed by atoms with E-state index in [9.17, 15) is 9.90 Å². The summed E-state index contributed by atoms with van der Waals surface area (Å²) in [6.07, 6.45) is 0.818. The zero-order valence-corrected chi connectivity index (χ0v) is 14.9. The zero-order valence-electron chi connectivity index (χ0n) is 14.1. The van der Waals surface area contributed by atoms with Crippen molar-refractivity contribution in [3.8, 4) is 0 Å². The Hall–Kier alpha value is -1.66. The van der Waals surface area contributed by atoms with Crippen molar-refractivity contribution >= 4 is 22.4 Å². The van der Waals surface area contributed by atoms with E-state index >= 15 is 0 Å². The molecular weight excluding hydrogens is 312 g/mol. The van der Waals surface area contributed by atoms with Gasteiger partial charge in [-0.3, -0.25) is 10.1 Å². The molecule has 2 aromatic heterocycles. The standard InChI is InChI=1S/C17H22N2O3S/c1-8-13-11(20)6-17(4,5)7-12(13)22-14(8)15(21)19-16-18-9(2)10(3)23-16/h11,20H,6-7H2,1-5H3,(H,18,19,21). The second-order valence-corrected chi connectivity index (χ2v) is 8.27. The van der Waals surface area contributed by atoms with Crippen molar-refractivity contribution in [2.45, 2.75) is 53.6 Å². The molecule has 2 N–H and O–H groups in total. The number of carbonyl (C=O) groups is 1. The Balaban J connectivity index is 1.90. The minimum Gasteiger partial charge on any atom is -0.455 e. The molecule has 0 aromatic carbocycles. The van der Waals surface area contributed by atoms with Gasteiger partial charge in [0.25, 0.3) is 5.91 Å². The summed E-state index contributed by atoms with van der Waals surface area (Å²) >= 11 is 1.44. The van der Waals surface area contributed by atoms with Gasteiger partial charge in [-0.15, -0.1) is 11.3 Å². The first-order chi connectivity index (χ1) is 10.7. The Bertz CT molecular complexity index is 754. The third kappa shape index (κ3) is 2.93. The lowest BCUT2D eigenvalue weighted by atomic mass is 9.75. The molecule has 0 radical (unpaired) electrons. The smallest absolute Gasteiger partial charge is 0.293 e. The van der Waals surface area contributed by atoms with E-state index in [1.54, 1.807) is 0 Å². The molecule has 124 valence electrons. The van der Waals surface area contributed by atoms with E-state index in [0.29, 0.717) is 11.6 Å². The number of thiazole rings is 1. The largest absolute Gasteiger partial charge is 0.455 e. The average Bonchev–Trinajstić information content (AvgIpc) is 2.89. The van der Waals surface area contributed by atoms with Crippen LogP contribution in [0.4, 0.5) is 5.13 Å². The van der Waals surface area contributed by atoms with Gasteiger partial charge in [-0.05, 0) is 32.6 Å². The molecule has 5 nitrogen and oxygen atoms in total. The molecule has 6 heteroatoms. The molecule has 23 heavy (non-hydrogen) atoms. The Labute approximate surface area is 139 Å². The molecule has 0 aliphatic heterocycles. The molecule has 1 amide bonds. The number of anilines is 1. The van der Waals surface area contributed by atoms with Gasteiger partial charge in [-0.1, -0.05) is 13.8 Å². The van der Waals surface area contributed by atoms with E-state index in [2.05, 4.69) is 24.1 Å². The number of furan rings is 1. The van der Waals surface area contributed by atoms with Crippen molar-refractivity contribution in [3.05, 3.63) is 33.2 Å². The SMILES string of the molecule is Cc1nc(NC(=O)c2oc3c(c2C)C(O)CC(C)(C)C3)sc1C. The van der Waals surface area contributed by atoms with Gasteiger partial charge in [0.05, 0.1) is 11.8 Å². The van der Waals surface area contributed by atoms with Crippen molar-refractivity contribution < 1.29 is 14.3 Å². The molecule has 1 atom stereocenters. The second kappa shape index (κ2) is 5.46. The zero-order chi connectivity index (χ0) is 16.9. The number of nitrogens with zero attached hydrogens (tertiary/aromatic N) is 1. The summed E-state index contributed by atoms with van der Waals surface area (Å²) in [6.45, 7) is 9.90. The summed E-state index contributed by atoms with van der Waals surface area (Å²) in [6, 6.07) is 0. The van der Waals surface area contributed by atoms with Crippen LogP contribution in [0.1, 0.15) is 64.4 Å². The number of nitrogens with one attached hydrogen (secondary N) is 1. The maximum absolute atomic E-state index is 12.5. The van der Waals surface area contributed by atoms with Gasteiger partial charge in [0.1, 0.15) is 5.76 Å². The Kier molecular flexibility index (Phi) is 3.84. The average molecular weight is 334 g/mol. The summed E-state index contributed by atoms with van der Waals surface area (Å²) in [5.74, 6) is 0.691. The molecule has 1 aliphatic carbocycles. The fourth-order valence-corrected chi connectivity index (χ4v) is 3.99. The van der Waals surface area contributed by atoms with E-state index in [0.717, 1.165) is 33.9 Å². The van der Waals surface area contributed by atoms with E-state index in [1.807, 2.05) is 20.8 Å². The quantitative estimate of drug-likeness (QED) is 0.873. The van der Waals surface area contributed by atoms with Gasteiger partial charge in [0, 0.05) is 22.4 Å². The van der Waals surface area contributed by atoms with Gasteiger partial charge >= 0.3 is 0 Å². The highest BCUT2D eigenvalue weighted by molar-refractivity contribution is 7.15.